The highest BCUT2D eigenvalue weighted by molar-refractivity contribution is 5.89. The lowest BCUT2D eigenvalue weighted by Gasteiger charge is -2.39. The summed E-state index contributed by atoms with van der Waals surface area (Å²) in [6.45, 7) is 4.07. The number of anilines is 1. The monoisotopic (exact) mass is 418 g/mol. The van der Waals surface area contributed by atoms with Crippen LogP contribution in [0.2, 0.25) is 0 Å². The Bertz CT molecular complexity index is 925. The number of alkyl carbamates (subject to hydrolysis) is 1. The largest absolute Gasteiger partial charge is 0.443 e. The summed E-state index contributed by atoms with van der Waals surface area (Å²) < 4.78 is 25.4. The lowest BCUT2D eigenvalue weighted by atomic mass is 9.76. The van der Waals surface area contributed by atoms with Crippen LogP contribution in [0.3, 0.4) is 0 Å². The summed E-state index contributed by atoms with van der Waals surface area (Å²) in [5.74, 6) is -0.0317. The molecule has 2 aliphatic rings. The van der Waals surface area contributed by atoms with Crippen molar-refractivity contribution in [3.05, 3.63) is 41.8 Å². The Labute approximate surface area is 172 Å². The SMILES string of the molecule is Cc1nnc(N2CCN(NC(=O)C(C)(c3ccccc3)C3CNC(=O)O3)CC2F)o1. The topological polar surface area (TPSA) is 113 Å². The molecule has 3 unspecified atom stereocenters. The third-order valence-electron chi connectivity index (χ3n) is 5.51. The van der Waals surface area contributed by atoms with Crippen molar-refractivity contribution in [2.75, 3.05) is 31.1 Å². The second-order valence-corrected chi connectivity index (χ2v) is 7.46. The van der Waals surface area contributed by atoms with E-state index in [0.29, 0.717) is 18.0 Å². The van der Waals surface area contributed by atoms with Gasteiger partial charge in [-0.25, -0.2) is 14.2 Å². The van der Waals surface area contributed by atoms with Gasteiger partial charge in [-0.05, 0) is 12.5 Å². The van der Waals surface area contributed by atoms with E-state index in [1.165, 1.54) is 9.91 Å². The fraction of sp³-hybridized carbons (Fsp3) is 0.474. The molecule has 3 atom stereocenters. The average Bonchev–Trinajstić information content (AvgIpc) is 3.36. The number of hydrogen-bond acceptors (Lipinski definition) is 8. The molecular weight excluding hydrogens is 395 g/mol. The summed E-state index contributed by atoms with van der Waals surface area (Å²) >= 11 is 0. The summed E-state index contributed by atoms with van der Waals surface area (Å²) in [4.78, 5) is 26.3. The van der Waals surface area contributed by atoms with E-state index in [9.17, 15) is 14.0 Å². The first-order chi connectivity index (χ1) is 14.4. The molecule has 2 aliphatic heterocycles. The van der Waals surface area contributed by atoms with Gasteiger partial charge in [0.25, 0.3) is 0 Å². The predicted molar refractivity (Wildman–Crippen MR) is 103 cm³/mol. The zero-order valence-electron chi connectivity index (χ0n) is 16.7. The summed E-state index contributed by atoms with van der Waals surface area (Å²) in [6, 6.07) is 9.19. The molecule has 2 amide bonds. The molecule has 0 aliphatic carbocycles. The van der Waals surface area contributed by atoms with Crippen molar-refractivity contribution in [2.24, 2.45) is 0 Å². The van der Waals surface area contributed by atoms with E-state index in [-0.39, 0.29) is 31.6 Å². The Morgan fingerprint density at radius 1 is 1.30 bits per heavy atom. The van der Waals surface area contributed by atoms with Gasteiger partial charge < -0.3 is 14.5 Å². The minimum Gasteiger partial charge on any atom is -0.443 e. The summed E-state index contributed by atoms with van der Waals surface area (Å²) in [7, 11) is 0. The molecule has 1 aromatic heterocycles. The number of nitrogens with zero attached hydrogens (tertiary/aromatic N) is 4. The van der Waals surface area contributed by atoms with Gasteiger partial charge in [0.15, 0.2) is 6.30 Å². The number of carbonyl (C=O) groups excluding carboxylic acids is 2. The molecule has 0 radical (unpaired) electrons. The summed E-state index contributed by atoms with van der Waals surface area (Å²) in [5, 5.41) is 11.7. The molecule has 3 heterocycles. The standard InChI is InChI=1S/C19H23FN6O4/c1-12-22-23-17(29-12)26-9-8-25(11-15(26)20)24-16(27)19(2,13-6-4-3-5-7-13)14-10-21-18(28)30-14/h3-7,14-15H,8-11H2,1-2H3,(H,21,28)(H,24,27). The van der Waals surface area contributed by atoms with Gasteiger partial charge in [0.2, 0.25) is 11.8 Å². The van der Waals surface area contributed by atoms with Gasteiger partial charge in [-0.1, -0.05) is 35.4 Å². The second-order valence-electron chi connectivity index (χ2n) is 7.46. The van der Waals surface area contributed by atoms with Crippen LogP contribution in [0.4, 0.5) is 15.2 Å². The number of aromatic nitrogens is 2. The fourth-order valence-electron chi connectivity index (χ4n) is 3.68. The normalized spacial score (nSPS) is 24.1. The van der Waals surface area contributed by atoms with Crippen LogP contribution in [0.15, 0.2) is 34.7 Å². The number of amides is 2. The third kappa shape index (κ3) is 3.67. The van der Waals surface area contributed by atoms with Crippen LogP contribution in [0.5, 0.6) is 0 Å². The van der Waals surface area contributed by atoms with Gasteiger partial charge >= 0.3 is 12.1 Å². The maximum absolute atomic E-state index is 14.7. The number of carbonyl (C=O) groups is 2. The highest BCUT2D eigenvalue weighted by Crippen LogP contribution is 2.32. The van der Waals surface area contributed by atoms with Gasteiger partial charge in [0, 0.05) is 20.0 Å². The van der Waals surface area contributed by atoms with E-state index < -0.39 is 23.9 Å². The number of benzene rings is 1. The number of hydrazine groups is 1. The van der Waals surface area contributed by atoms with Gasteiger partial charge in [-0.3, -0.25) is 15.1 Å². The highest BCUT2D eigenvalue weighted by Gasteiger charge is 2.48. The Kier molecular flexibility index (Phi) is 5.29. The van der Waals surface area contributed by atoms with Crippen LogP contribution in [0, 0.1) is 6.92 Å². The van der Waals surface area contributed by atoms with Gasteiger partial charge in [-0.2, -0.15) is 0 Å². The number of cyclic esters (lactones) is 1. The molecule has 2 fully saturated rings. The van der Waals surface area contributed by atoms with E-state index in [1.807, 2.05) is 18.2 Å². The maximum atomic E-state index is 14.7. The molecule has 1 aromatic carbocycles. The van der Waals surface area contributed by atoms with Gasteiger partial charge in [0.1, 0.15) is 11.5 Å². The van der Waals surface area contributed by atoms with E-state index in [2.05, 4.69) is 20.9 Å². The third-order valence-corrected chi connectivity index (χ3v) is 5.51. The van der Waals surface area contributed by atoms with Crippen molar-refractivity contribution < 1.29 is 23.1 Å². The first-order valence-electron chi connectivity index (χ1n) is 9.65. The molecule has 2 saturated heterocycles. The number of alkyl halides is 1. The molecule has 2 aromatic rings. The predicted octanol–water partition coefficient (Wildman–Crippen LogP) is 0.893. The Morgan fingerprint density at radius 2 is 2.07 bits per heavy atom. The van der Waals surface area contributed by atoms with Crippen molar-refractivity contribution >= 4 is 18.0 Å². The van der Waals surface area contributed by atoms with Crippen LogP contribution in [0.25, 0.3) is 0 Å². The Morgan fingerprint density at radius 3 is 2.67 bits per heavy atom. The van der Waals surface area contributed by atoms with Crippen molar-refractivity contribution in [3.8, 4) is 0 Å². The van der Waals surface area contributed by atoms with Crippen molar-refractivity contribution in [2.45, 2.75) is 31.7 Å². The zero-order chi connectivity index (χ0) is 21.3. The molecule has 0 spiro atoms. The number of hydrogen-bond donors (Lipinski definition) is 2. The number of rotatable bonds is 5. The number of ether oxygens (including phenoxy) is 1. The minimum atomic E-state index is -1.44. The summed E-state index contributed by atoms with van der Waals surface area (Å²) in [6.07, 6.45) is -2.70. The molecule has 11 heteroatoms. The molecule has 30 heavy (non-hydrogen) atoms. The van der Waals surface area contributed by atoms with Crippen LogP contribution in [0.1, 0.15) is 18.4 Å². The maximum Gasteiger partial charge on any atom is 0.407 e. The van der Waals surface area contributed by atoms with Crippen LogP contribution in [-0.4, -0.2) is 65.8 Å². The smallest absolute Gasteiger partial charge is 0.407 e. The zero-order valence-corrected chi connectivity index (χ0v) is 16.7. The molecule has 0 bridgehead atoms. The second kappa shape index (κ2) is 7.90. The first kappa shape index (κ1) is 20.1. The van der Waals surface area contributed by atoms with Crippen LogP contribution in [-0.2, 0) is 14.9 Å². The first-order valence-corrected chi connectivity index (χ1v) is 9.65. The molecule has 0 saturated carbocycles. The minimum absolute atomic E-state index is 0.0826. The van der Waals surface area contributed by atoms with E-state index in [1.54, 1.807) is 26.0 Å². The average molecular weight is 418 g/mol. The van der Waals surface area contributed by atoms with Crippen molar-refractivity contribution in [1.29, 1.82) is 0 Å². The molecule has 2 N–H and O–H groups in total. The van der Waals surface area contributed by atoms with E-state index in [0.717, 1.165) is 0 Å². The van der Waals surface area contributed by atoms with Crippen LogP contribution >= 0.6 is 0 Å². The van der Waals surface area contributed by atoms with Crippen molar-refractivity contribution in [3.63, 3.8) is 0 Å². The molecule has 160 valence electrons. The Balaban J connectivity index is 1.49. The van der Waals surface area contributed by atoms with Gasteiger partial charge in [0.05, 0.1) is 13.1 Å². The number of nitrogens with one attached hydrogen (secondary N) is 2. The Hall–Kier alpha value is -3.21. The summed E-state index contributed by atoms with van der Waals surface area (Å²) in [5.41, 5.74) is 2.33. The van der Waals surface area contributed by atoms with E-state index >= 15 is 0 Å². The molecule has 10 nitrogen and oxygen atoms in total. The highest BCUT2D eigenvalue weighted by atomic mass is 19.1. The number of halogens is 1. The number of piperazine rings is 1. The van der Waals surface area contributed by atoms with Gasteiger partial charge in [-0.15, -0.1) is 5.10 Å². The van der Waals surface area contributed by atoms with E-state index in [4.69, 9.17) is 9.15 Å². The lowest BCUT2D eigenvalue weighted by molar-refractivity contribution is -0.135. The van der Waals surface area contributed by atoms with Crippen LogP contribution < -0.4 is 15.6 Å². The molecule has 4 rings (SSSR count). The fourth-order valence-corrected chi connectivity index (χ4v) is 3.68. The number of aryl methyl sites for hydroxylation is 1. The molecular formula is C19H23FN6O4. The lowest BCUT2D eigenvalue weighted by Crippen LogP contribution is -2.61. The quantitative estimate of drug-likeness (QED) is 0.689. The van der Waals surface area contributed by atoms with Crippen molar-refractivity contribution in [1.82, 2.24) is 25.9 Å².